The number of carbonyl (C=O) groups is 1. The number of hydrogen-bond donors (Lipinski definition) is 1. The lowest BCUT2D eigenvalue weighted by molar-refractivity contribution is -0.120. The Balaban J connectivity index is 1.40. The van der Waals surface area contributed by atoms with E-state index >= 15 is 0 Å². The second-order valence-corrected chi connectivity index (χ2v) is 7.45. The zero-order chi connectivity index (χ0) is 19.5. The number of rotatable bonds is 6. The van der Waals surface area contributed by atoms with Crippen LogP contribution in [0.4, 0.5) is 0 Å². The highest BCUT2D eigenvalue weighted by molar-refractivity contribution is 7.13. The molecular weight excluding hydrogens is 372 g/mol. The molecule has 2 aromatic carbocycles. The monoisotopic (exact) mass is 392 g/mol. The largest absolute Gasteiger partial charge is 0.497 e. The third-order valence-electron chi connectivity index (χ3n) is 4.55. The Labute approximate surface area is 167 Å². The molecule has 0 aliphatic carbocycles. The molecule has 0 atom stereocenters. The van der Waals surface area contributed by atoms with Gasteiger partial charge in [-0.3, -0.25) is 4.79 Å². The van der Waals surface area contributed by atoms with Gasteiger partial charge in [-0.1, -0.05) is 24.3 Å². The highest BCUT2D eigenvalue weighted by Gasteiger charge is 2.15. The van der Waals surface area contributed by atoms with Crippen molar-refractivity contribution in [3.8, 4) is 16.5 Å². The fourth-order valence-electron chi connectivity index (χ4n) is 3.02. The normalized spacial score (nSPS) is 10.9. The van der Waals surface area contributed by atoms with Crippen molar-refractivity contribution in [2.45, 2.75) is 19.9 Å². The smallest absolute Gasteiger partial charge is 0.236 e. The van der Waals surface area contributed by atoms with E-state index in [0.717, 1.165) is 27.0 Å². The van der Waals surface area contributed by atoms with Gasteiger partial charge in [-0.05, 0) is 52.9 Å². The quantitative estimate of drug-likeness (QED) is 0.515. The van der Waals surface area contributed by atoms with Gasteiger partial charge in [0.15, 0.2) is 0 Å². The van der Waals surface area contributed by atoms with Gasteiger partial charge in [0.2, 0.25) is 11.8 Å². The summed E-state index contributed by atoms with van der Waals surface area (Å²) in [6.45, 7) is 2.31. The van der Waals surface area contributed by atoms with Crippen LogP contribution in [0, 0.1) is 6.92 Å². The van der Waals surface area contributed by atoms with Crippen LogP contribution >= 0.6 is 11.3 Å². The molecule has 0 fully saturated rings. The maximum atomic E-state index is 12.4. The van der Waals surface area contributed by atoms with Crippen molar-refractivity contribution in [3.05, 3.63) is 70.9 Å². The van der Waals surface area contributed by atoms with Gasteiger partial charge in [0.05, 0.1) is 24.1 Å². The van der Waals surface area contributed by atoms with E-state index in [0.29, 0.717) is 23.9 Å². The summed E-state index contributed by atoms with van der Waals surface area (Å²) in [7, 11) is 1.66. The highest BCUT2D eigenvalue weighted by Crippen LogP contribution is 2.26. The molecule has 4 rings (SSSR count). The molecule has 4 aromatic rings. The number of carbonyl (C=O) groups excluding carboxylic acids is 1. The average Bonchev–Trinajstić information content (AvgIpc) is 3.36. The van der Waals surface area contributed by atoms with Gasteiger partial charge >= 0.3 is 0 Å². The summed E-state index contributed by atoms with van der Waals surface area (Å²) in [5, 5.41) is 7.15. The molecule has 0 aliphatic heterocycles. The zero-order valence-corrected chi connectivity index (χ0v) is 16.5. The second-order valence-electron chi connectivity index (χ2n) is 6.50. The average molecular weight is 392 g/mol. The molecule has 6 heteroatoms. The van der Waals surface area contributed by atoms with Gasteiger partial charge in [-0.2, -0.15) is 0 Å². The molecular formula is C22H20N2O3S. The van der Waals surface area contributed by atoms with Crippen molar-refractivity contribution in [2.75, 3.05) is 7.11 Å². The maximum Gasteiger partial charge on any atom is 0.236 e. The number of nitrogens with zero attached hydrogens (tertiary/aromatic N) is 1. The molecule has 0 unspecified atom stereocenters. The summed E-state index contributed by atoms with van der Waals surface area (Å²) in [6, 6.07) is 16.0. The van der Waals surface area contributed by atoms with Crippen LogP contribution in [0.25, 0.3) is 21.5 Å². The van der Waals surface area contributed by atoms with E-state index in [1.54, 1.807) is 18.4 Å². The predicted octanol–water partition coefficient (Wildman–Crippen LogP) is 4.73. The summed E-state index contributed by atoms with van der Waals surface area (Å²) in [6.07, 6.45) is 0.200. The molecule has 2 heterocycles. The van der Waals surface area contributed by atoms with E-state index < -0.39 is 0 Å². The van der Waals surface area contributed by atoms with Crippen molar-refractivity contribution >= 4 is 28.0 Å². The molecule has 1 amide bonds. The molecule has 0 spiro atoms. The minimum atomic E-state index is -0.0797. The van der Waals surface area contributed by atoms with Crippen molar-refractivity contribution in [3.63, 3.8) is 0 Å². The SMILES string of the molecule is COc1ccc2cc(CNC(=O)Cc3nc(-c4cccs4)oc3C)ccc2c1. The third kappa shape index (κ3) is 3.92. The van der Waals surface area contributed by atoms with Gasteiger partial charge in [0, 0.05) is 6.54 Å². The second kappa shape index (κ2) is 7.86. The van der Waals surface area contributed by atoms with Crippen LogP contribution in [0.1, 0.15) is 17.0 Å². The maximum absolute atomic E-state index is 12.4. The van der Waals surface area contributed by atoms with Crippen LogP contribution in [0.2, 0.25) is 0 Å². The number of nitrogens with one attached hydrogen (secondary N) is 1. The molecule has 2 aromatic heterocycles. The number of ether oxygens (including phenoxy) is 1. The Bertz CT molecular complexity index is 1120. The van der Waals surface area contributed by atoms with Crippen LogP contribution in [0.5, 0.6) is 5.75 Å². The fraction of sp³-hybridized carbons (Fsp3) is 0.182. The molecule has 142 valence electrons. The van der Waals surface area contributed by atoms with Crippen molar-refractivity contribution < 1.29 is 13.9 Å². The Morgan fingerprint density at radius 3 is 2.79 bits per heavy atom. The number of amides is 1. The lowest BCUT2D eigenvalue weighted by atomic mass is 10.1. The lowest BCUT2D eigenvalue weighted by Crippen LogP contribution is -2.24. The molecule has 0 saturated carbocycles. The first kappa shape index (κ1) is 18.3. The highest BCUT2D eigenvalue weighted by atomic mass is 32.1. The number of benzene rings is 2. The first-order valence-electron chi connectivity index (χ1n) is 8.96. The Morgan fingerprint density at radius 1 is 1.18 bits per heavy atom. The molecule has 0 saturated heterocycles. The number of oxazole rings is 1. The van der Waals surface area contributed by atoms with Gasteiger partial charge < -0.3 is 14.5 Å². The molecule has 0 bridgehead atoms. The van der Waals surface area contributed by atoms with Gasteiger partial charge in [-0.25, -0.2) is 4.98 Å². The number of methoxy groups -OCH3 is 1. The van der Waals surface area contributed by atoms with Crippen LogP contribution in [0.15, 0.2) is 58.3 Å². The molecule has 0 aliphatic rings. The fourth-order valence-corrected chi connectivity index (χ4v) is 3.67. The van der Waals surface area contributed by atoms with Gasteiger partial charge in [0.25, 0.3) is 0 Å². The number of hydrogen-bond acceptors (Lipinski definition) is 5. The summed E-state index contributed by atoms with van der Waals surface area (Å²) in [5.74, 6) is 2.00. The summed E-state index contributed by atoms with van der Waals surface area (Å²) < 4.78 is 11.0. The van der Waals surface area contributed by atoms with Gasteiger partial charge in [-0.15, -0.1) is 11.3 Å². The van der Waals surface area contributed by atoms with E-state index in [1.165, 1.54) is 0 Å². The topological polar surface area (TPSA) is 64.4 Å². The number of fused-ring (bicyclic) bond motifs is 1. The Morgan fingerprint density at radius 2 is 2.00 bits per heavy atom. The number of aromatic nitrogens is 1. The molecule has 5 nitrogen and oxygen atoms in total. The van der Waals surface area contributed by atoms with E-state index in [9.17, 15) is 4.79 Å². The lowest BCUT2D eigenvalue weighted by Gasteiger charge is -2.07. The molecule has 28 heavy (non-hydrogen) atoms. The first-order chi connectivity index (χ1) is 13.6. The summed E-state index contributed by atoms with van der Waals surface area (Å²) in [5.41, 5.74) is 1.72. The predicted molar refractivity (Wildman–Crippen MR) is 111 cm³/mol. The zero-order valence-electron chi connectivity index (χ0n) is 15.7. The molecule has 1 N–H and O–H groups in total. The van der Waals surface area contributed by atoms with Crippen LogP contribution < -0.4 is 10.1 Å². The van der Waals surface area contributed by atoms with E-state index in [-0.39, 0.29) is 12.3 Å². The standard InChI is InChI=1S/C22H20N2O3S/c1-14-19(24-22(27-14)20-4-3-9-28-20)12-21(25)23-13-15-5-6-17-11-18(26-2)8-7-16(17)10-15/h3-11H,12-13H2,1-2H3,(H,23,25). The van der Waals surface area contributed by atoms with Gasteiger partial charge in [0.1, 0.15) is 11.5 Å². The van der Waals surface area contributed by atoms with Crippen LogP contribution in [-0.4, -0.2) is 18.0 Å². The van der Waals surface area contributed by atoms with E-state index in [4.69, 9.17) is 9.15 Å². The van der Waals surface area contributed by atoms with Crippen molar-refractivity contribution in [2.24, 2.45) is 0 Å². The van der Waals surface area contributed by atoms with Crippen molar-refractivity contribution in [1.29, 1.82) is 0 Å². The van der Waals surface area contributed by atoms with Crippen LogP contribution in [0.3, 0.4) is 0 Å². The Kier molecular flexibility index (Phi) is 5.12. The Hall–Kier alpha value is -3.12. The van der Waals surface area contributed by atoms with Crippen molar-refractivity contribution in [1.82, 2.24) is 10.3 Å². The van der Waals surface area contributed by atoms with E-state index in [1.807, 2.05) is 54.8 Å². The first-order valence-corrected chi connectivity index (χ1v) is 9.84. The third-order valence-corrected chi connectivity index (χ3v) is 5.41. The summed E-state index contributed by atoms with van der Waals surface area (Å²) >= 11 is 1.56. The minimum Gasteiger partial charge on any atom is -0.497 e. The number of thiophene rings is 1. The minimum absolute atomic E-state index is 0.0797. The molecule has 0 radical (unpaired) electrons. The summed E-state index contributed by atoms with van der Waals surface area (Å²) in [4.78, 5) is 17.8. The van der Waals surface area contributed by atoms with Crippen LogP contribution in [-0.2, 0) is 17.8 Å². The number of aryl methyl sites for hydroxylation is 1. The van der Waals surface area contributed by atoms with E-state index in [2.05, 4.69) is 16.4 Å².